The zero-order valence-electron chi connectivity index (χ0n) is 23.8. The number of carbonyl (C=O) groups is 2. The normalized spacial score (nSPS) is 10.8. The van der Waals surface area contributed by atoms with Crippen LogP contribution >= 0.6 is 0 Å². The van der Waals surface area contributed by atoms with Crippen molar-refractivity contribution in [2.45, 2.75) is 78.1 Å². The van der Waals surface area contributed by atoms with Gasteiger partial charge in [0.25, 0.3) is 0 Å². The van der Waals surface area contributed by atoms with Crippen LogP contribution in [0.15, 0.2) is 60.7 Å². The summed E-state index contributed by atoms with van der Waals surface area (Å²) >= 11 is 0. The Morgan fingerprint density at radius 1 is 0.550 bits per heavy atom. The number of hydrogen-bond acceptors (Lipinski definition) is 4. The van der Waals surface area contributed by atoms with Crippen LogP contribution in [0.25, 0.3) is 22.3 Å². The molecule has 0 aliphatic heterocycles. The summed E-state index contributed by atoms with van der Waals surface area (Å²) in [6.45, 7) is 5.52. The summed E-state index contributed by atoms with van der Waals surface area (Å²) in [6, 6.07) is 17.5. The van der Waals surface area contributed by atoms with Gasteiger partial charge in [-0.1, -0.05) is 89.5 Å². The van der Waals surface area contributed by atoms with E-state index in [9.17, 15) is 19.8 Å². The Balaban J connectivity index is 1.98. The van der Waals surface area contributed by atoms with E-state index < -0.39 is 11.9 Å². The first-order valence-electron chi connectivity index (χ1n) is 14.6. The Morgan fingerprint density at radius 3 is 1.23 bits per heavy atom. The molecule has 0 aliphatic rings. The molecule has 0 aromatic heterocycles. The number of carboxylic acids is 2. The minimum absolute atomic E-state index is 0.223. The number of ether oxygens (including phenoxy) is 2. The first-order valence-corrected chi connectivity index (χ1v) is 14.6. The maximum Gasteiger partial charge on any atom is 0.335 e. The standard InChI is InChI=1S/C34H42O6/c1-3-5-7-9-11-21-39-31-23-30(26-15-19-28(20-16-26)34(37)38)32(40-22-12-10-8-6-4-2)24-29(31)25-13-17-27(18-14-25)33(35)36/h13-20,23-24H,3-12,21-22H2,1-2H3,(H,35,36)(H,37,38). The van der Waals surface area contributed by atoms with Crippen LogP contribution in [0.1, 0.15) is 98.8 Å². The second-order valence-electron chi connectivity index (χ2n) is 10.1. The van der Waals surface area contributed by atoms with E-state index >= 15 is 0 Å². The number of aromatic carboxylic acids is 2. The van der Waals surface area contributed by atoms with Crippen molar-refractivity contribution in [2.24, 2.45) is 0 Å². The van der Waals surface area contributed by atoms with Crippen LogP contribution in [0.3, 0.4) is 0 Å². The van der Waals surface area contributed by atoms with Gasteiger partial charge in [-0.05, 0) is 60.4 Å². The van der Waals surface area contributed by atoms with Crippen LogP contribution in [-0.4, -0.2) is 35.4 Å². The number of rotatable bonds is 18. The van der Waals surface area contributed by atoms with E-state index in [1.807, 2.05) is 12.1 Å². The molecule has 6 nitrogen and oxygen atoms in total. The Morgan fingerprint density at radius 2 is 0.900 bits per heavy atom. The summed E-state index contributed by atoms with van der Waals surface area (Å²) in [5.41, 5.74) is 3.79. The SMILES string of the molecule is CCCCCCCOc1cc(-c2ccc(C(=O)O)cc2)c(OCCCCCCC)cc1-c1ccc(C(=O)O)cc1. The van der Waals surface area contributed by atoms with Crippen molar-refractivity contribution < 1.29 is 29.3 Å². The lowest BCUT2D eigenvalue weighted by atomic mass is 9.96. The van der Waals surface area contributed by atoms with Crippen molar-refractivity contribution in [2.75, 3.05) is 13.2 Å². The maximum absolute atomic E-state index is 11.4. The van der Waals surface area contributed by atoms with Gasteiger partial charge in [-0.25, -0.2) is 9.59 Å². The van der Waals surface area contributed by atoms with E-state index in [0.717, 1.165) is 47.9 Å². The summed E-state index contributed by atoms with van der Waals surface area (Å²) in [7, 11) is 0. The van der Waals surface area contributed by atoms with Gasteiger partial charge in [0.1, 0.15) is 11.5 Å². The predicted molar refractivity (Wildman–Crippen MR) is 160 cm³/mol. The van der Waals surface area contributed by atoms with Crippen LogP contribution in [0.4, 0.5) is 0 Å². The molecule has 0 heterocycles. The van der Waals surface area contributed by atoms with Gasteiger partial charge in [0.15, 0.2) is 0 Å². The van der Waals surface area contributed by atoms with Crippen LogP contribution in [0.5, 0.6) is 11.5 Å². The molecule has 0 aliphatic carbocycles. The van der Waals surface area contributed by atoms with Gasteiger partial charge in [0, 0.05) is 11.1 Å². The molecule has 3 aromatic carbocycles. The van der Waals surface area contributed by atoms with Gasteiger partial charge in [-0.2, -0.15) is 0 Å². The van der Waals surface area contributed by atoms with E-state index in [4.69, 9.17) is 9.47 Å². The molecular weight excluding hydrogens is 504 g/mol. The lowest BCUT2D eigenvalue weighted by Crippen LogP contribution is -2.03. The molecule has 0 amide bonds. The molecule has 0 saturated heterocycles. The van der Waals surface area contributed by atoms with Crippen LogP contribution in [-0.2, 0) is 0 Å². The van der Waals surface area contributed by atoms with Crippen molar-refractivity contribution in [3.63, 3.8) is 0 Å². The number of hydrogen-bond donors (Lipinski definition) is 2. The highest BCUT2D eigenvalue weighted by Crippen LogP contribution is 2.41. The number of benzene rings is 3. The first kappa shape index (κ1) is 30.7. The van der Waals surface area contributed by atoms with Gasteiger partial charge in [-0.3, -0.25) is 0 Å². The minimum atomic E-state index is -0.970. The lowest BCUT2D eigenvalue weighted by Gasteiger charge is -2.19. The van der Waals surface area contributed by atoms with Gasteiger partial charge in [0.05, 0.1) is 24.3 Å². The first-order chi connectivity index (χ1) is 19.4. The molecule has 0 fully saturated rings. The number of carboxylic acid groups (broad SMARTS) is 2. The second kappa shape index (κ2) is 16.3. The second-order valence-corrected chi connectivity index (χ2v) is 10.1. The van der Waals surface area contributed by atoms with Crippen molar-refractivity contribution >= 4 is 11.9 Å². The van der Waals surface area contributed by atoms with E-state index in [1.54, 1.807) is 48.5 Å². The van der Waals surface area contributed by atoms with Crippen molar-refractivity contribution in [3.05, 3.63) is 71.8 Å². The fourth-order valence-electron chi connectivity index (χ4n) is 4.61. The molecule has 214 valence electrons. The highest BCUT2D eigenvalue weighted by atomic mass is 16.5. The molecule has 0 spiro atoms. The Labute approximate surface area is 238 Å². The summed E-state index contributed by atoms with van der Waals surface area (Å²) < 4.78 is 12.7. The third-order valence-electron chi connectivity index (χ3n) is 6.98. The quantitative estimate of drug-likeness (QED) is 0.155. The molecule has 0 bridgehead atoms. The molecule has 40 heavy (non-hydrogen) atoms. The largest absolute Gasteiger partial charge is 0.493 e. The van der Waals surface area contributed by atoms with E-state index in [-0.39, 0.29) is 11.1 Å². The smallest absolute Gasteiger partial charge is 0.335 e. The summed E-state index contributed by atoms with van der Waals surface area (Å²) in [5.74, 6) is -0.568. The van der Waals surface area contributed by atoms with E-state index in [2.05, 4.69) is 13.8 Å². The zero-order valence-corrected chi connectivity index (χ0v) is 23.8. The minimum Gasteiger partial charge on any atom is -0.493 e. The molecule has 0 unspecified atom stereocenters. The number of unbranched alkanes of at least 4 members (excludes halogenated alkanes) is 8. The van der Waals surface area contributed by atoms with Gasteiger partial charge < -0.3 is 19.7 Å². The Bertz CT molecular complexity index is 1120. The highest BCUT2D eigenvalue weighted by Gasteiger charge is 2.17. The summed E-state index contributed by atoms with van der Waals surface area (Å²) in [6.07, 6.45) is 11.2. The molecule has 0 radical (unpaired) electrons. The zero-order chi connectivity index (χ0) is 28.7. The predicted octanol–water partition coefficient (Wildman–Crippen LogP) is 9.12. The molecule has 6 heteroatoms. The van der Waals surface area contributed by atoms with Crippen LogP contribution < -0.4 is 9.47 Å². The van der Waals surface area contributed by atoms with Crippen LogP contribution in [0.2, 0.25) is 0 Å². The monoisotopic (exact) mass is 546 g/mol. The van der Waals surface area contributed by atoms with Crippen LogP contribution in [0, 0.1) is 0 Å². The summed E-state index contributed by atoms with van der Waals surface area (Å²) in [5, 5.41) is 18.7. The fraction of sp³-hybridized carbons (Fsp3) is 0.412. The van der Waals surface area contributed by atoms with Crippen molar-refractivity contribution in [3.8, 4) is 33.8 Å². The third-order valence-corrected chi connectivity index (χ3v) is 6.98. The Hall–Kier alpha value is -3.80. The Kier molecular flexibility index (Phi) is 12.6. The highest BCUT2D eigenvalue weighted by molar-refractivity contribution is 5.90. The topological polar surface area (TPSA) is 93.1 Å². The maximum atomic E-state index is 11.4. The van der Waals surface area contributed by atoms with E-state index in [0.29, 0.717) is 24.7 Å². The lowest BCUT2D eigenvalue weighted by molar-refractivity contribution is 0.0686. The van der Waals surface area contributed by atoms with Gasteiger partial charge >= 0.3 is 11.9 Å². The molecule has 3 rings (SSSR count). The molecular formula is C34H42O6. The average Bonchev–Trinajstić information content (AvgIpc) is 2.97. The third kappa shape index (κ3) is 9.15. The fourth-order valence-corrected chi connectivity index (χ4v) is 4.61. The van der Waals surface area contributed by atoms with Gasteiger partial charge in [-0.15, -0.1) is 0 Å². The van der Waals surface area contributed by atoms with E-state index in [1.165, 1.54) is 38.5 Å². The average molecular weight is 547 g/mol. The van der Waals surface area contributed by atoms with Crippen molar-refractivity contribution in [1.82, 2.24) is 0 Å². The summed E-state index contributed by atoms with van der Waals surface area (Å²) in [4.78, 5) is 22.8. The van der Waals surface area contributed by atoms with Crippen molar-refractivity contribution in [1.29, 1.82) is 0 Å². The molecule has 3 aromatic rings. The molecule has 0 saturated carbocycles. The molecule has 0 atom stereocenters. The molecule has 2 N–H and O–H groups in total. The van der Waals surface area contributed by atoms with Gasteiger partial charge in [0.2, 0.25) is 0 Å².